The number of benzene rings is 2. The second-order valence-corrected chi connectivity index (χ2v) is 9.61. The molecule has 33 heavy (non-hydrogen) atoms. The number of halogens is 1. The number of para-hydroxylation sites is 2. The van der Waals surface area contributed by atoms with Crippen molar-refractivity contribution >= 4 is 51.3 Å². The van der Waals surface area contributed by atoms with Crippen LogP contribution in [0.25, 0.3) is 6.08 Å². The van der Waals surface area contributed by atoms with Crippen molar-refractivity contribution in [3.63, 3.8) is 0 Å². The summed E-state index contributed by atoms with van der Waals surface area (Å²) in [7, 11) is 1.59. The molecule has 1 aliphatic heterocycles. The molecule has 8 heteroatoms. The van der Waals surface area contributed by atoms with Crippen LogP contribution in [0.5, 0.6) is 11.5 Å². The van der Waals surface area contributed by atoms with Gasteiger partial charge in [0.15, 0.2) is 11.5 Å². The number of nitrogens with one attached hydrogen (secondary N) is 1. The van der Waals surface area contributed by atoms with Gasteiger partial charge in [-0.2, -0.15) is 11.8 Å². The molecule has 0 bridgehead atoms. The third-order valence-corrected chi connectivity index (χ3v) is 6.81. The number of carbonyl (C=O) groups is 2. The lowest BCUT2D eigenvalue weighted by Crippen LogP contribution is -2.44. The molecule has 0 saturated carbocycles. The van der Waals surface area contributed by atoms with Gasteiger partial charge in [-0.25, -0.2) is 0 Å². The van der Waals surface area contributed by atoms with Crippen molar-refractivity contribution in [3.05, 3.63) is 58.3 Å². The predicted molar refractivity (Wildman–Crippen MR) is 138 cm³/mol. The van der Waals surface area contributed by atoms with Gasteiger partial charge in [-0.3, -0.25) is 14.5 Å². The summed E-state index contributed by atoms with van der Waals surface area (Å²) >= 11 is 5.37. The van der Waals surface area contributed by atoms with Crippen LogP contribution in [-0.4, -0.2) is 43.5 Å². The maximum atomic E-state index is 13.2. The molecule has 0 spiro atoms. The topological polar surface area (TPSA) is 67.9 Å². The van der Waals surface area contributed by atoms with Gasteiger partial charge >= 0.3 is 0 Å². The first-order valence-electron chi connectivity index (χ1n) is 11.0. The zero-order valence-corrected chi connectivity index (χ0v) is 21.3. The Balaban J connectivity index is 1.68. The Morgan fingerprint density at radius 3 is 2.76 bits per heavy atom. The Labute approximate surface area is 207 Å². The van der Waals surface area contributed by atoms with Crippen LogP contribution in [0.2, 0.25) is 0 Å². The first-order valence-corrected chi connectivity index (χ1v) is 13.0. The zero-order chi connectivity index (χ0) is 23.6. The summed E-state index contributed by atoms with van der Waals surface area (Å²) in [6.45, 7) is 2.72. The number of nitrogens with zero attached hydrogens (tertiary/aromatic N) is 1. The Morgan fingerprint density at radius 1 is 1.21 bits per heavy atom. The summed E-state index contributed by atoms with van der Waals surface area (Å²) in [5.74, 6) is 3.02. The lowest BCUT2D eigenvalue weighted by Gasteiger charge is -2.30. The van der Waals surface area contributed by atoms with E-state index in [4.69, 9.17) is 9.47 Å². The number of thioether (sulfide) groups is 1. The number of rotatable bonds is 11. The average Bonchev–Trinajstić information content (AvgIpc) is 2.81. The molecule has 2 aromatic carbocycles. The van der Waals surface area contributed by atoms with Gasteiger partial charge < -0.3 is 14.8 Å². The number of ether oxygens (including phenoxy) is 2. The Hall–Kier alpha value is -2.45. The molecule has 0 aliphatic carbocycles. The highest BCUT2D eigenvalue weighted by molar-refractivity contribution is 9.10. The standard InChI is InChI=1S/C25H29BrN2O4S/c1-3-4-13-33-14-7-12-27-24(29)17-28-20-8-5-6-9-22(20)32-23(25(28)30)16-18-10-11-21(31-2)19(26)15-18/h5-6,8-11,15-16H,3-4,7,12-14,17H2,1-2H3,(H,27,29). The van der Waals surface area contributed by atoms with Crippen LogP contribution in [0, 0.1) is 0 Å². The van der Waals surface area contributed by atoms with Crippen molar-refractivity contribution in [1.29, 1.82) is 0 Å². The van der Waals surface area contributed by atoms with E-state index in [0.29, 0.717) is 23.7 Å². The van der Waals surface area contributed by atoms with Crippen molar-refractivity contribution < 1.29 is 19.1 Å². The number of hydrogen-bond donors (Lipinski definition) is 1. The number of hydrogen-bond acceptors (Lipinski definition) is 5. The second kappa shape index (κ2) is 12.7. The molecule has 6 nitrogen and oxygen atoms in total. The van der Waals surface area contributed by atoms with Gasteiger partial charge in [0.05, 0.1) is 17.3 Å². The molecule has 0 atom stereocenters. The number of unbranched alkanes of at least 4 members (excludes halogenated alkanes) is 1. The van der Waals surface area contributed by atoms with E-state index in [1.54, 1.807) is 25.3 Å². The van der Waals surface area contributed by atoms with E-state index in [1.165, 1.54) is 17.7 Å². The fourth-order valence-corrected chi connectivity index (χ4v) is 4.90. The summed E-state index contributed by atoms with van der Waals surface area (Å²) in [6.07, 6.45) is 5.00. The minimum atomic E-state index is -0.356. The van der Waals surface area contributed by atoms with E-state index in [9.17, 15) is 9.59 Å². The average molecular weight is 533 g/mol. The lowest BCUT2D eigenvalue weighted by atomic mass is 10.1. The predicted octanol–water partition coefficient (Wildman–Crippen LogP) is 5.26. The molecule has 2 aromatic rings. The van der Waals surface area contributed by atoms with Gasteiger partial charge in [-0.15, -0.1) is 0 Å². The molecule has 0 aromatic heterocycles. The maximum absolute atomic E-state index is 13.2. The van der Waals surface area contributed by atoms with E-state index in [1.807, 2.05) is 42.1 Å². The minimum Gasteiger partial charge on any atom is -0.496 e. The molecule has 0 radical (unpaired) electrons. The summed E-state index contributed by atoms with van der Waals surface area (Å²) in [5.41, 5.74) is 1.36. The monoisotopic (exact) mass is 532 g/mol. The quantitative estimate of drug-likeness (QED) is 0.315. The Morgan fingerprint density at radius 2 is 2.00 bits per heavy atom. The summed E-state index contributed by atoms with van der Waals surface area (Å²) in [6, 6.07) is 12.7. The van der Waals surface area contributed by atoms with E-state index < -0.39 is 0 Å². The SMILES string of the molecule is CCCCSCCCNC(=O)CN1C(=O)C(=Cc2ccc(OC)c(Br)c2)Oc2ccccc21. The van der Waals surface area contributed by atoms with Crippen LogP contribution >= 0.6 is 27.7 Å². The molecule has 1 aliphatic rings. The molecule has 176 valence electrons. The third-order valence-electron chi connectivity index (χ3n) is 5.04. The van der Waals surface area contributed by atoms with E-state index >= 15 is 0 Å². The first kappa shape index (κ1) is 25.2. The van der Waals surface area contributed by atoms with Crippen LogP contribution in [0.4, 0.5) is 5.69 Å². The van der Waals surface area contributed by atoms with Gasteiger partial charge in [0.25, 0.3) is 5.91 Å². The normalized spacial score (nSPS) is 14.1. The minimum absolute atomic E-state index is 0.0637. The van der Waals surface area contributed by atoms with Crippen LogP contribution in [0.15, 0.2) is 52.7 Å². The van der Waals surface area contributed by atoms with Gasteiger partial charge in [-0.1, -0.05) is 31.5 Å². The van der Waals surface area contributed by atoms with E-state index in [0.717, 1.165) is 28.0 Å². The highest BCUT2D eigenvalue weighted by Crippen LogP contribution is 2.36. The van der Waals surface area contributed by atoms with Gasteiger partial charge in [0.2, 0.25) is 5.91 Å². The molecule has 3 rings (SSSR count). The maximum Gasteiger partial charge on any atom is 0.294 e. The summed E-state index contributed by atoms with van der Waals surface area (Å²) in [4.78, 5) is 27.3. The molecule has 0 saturated heterocycles. The number of anilines is 1. The molecule has 2 amide bonds. The Kier molecular flexibility index (Phi) is 9.69. The second-order valence-electron chi connectivity index (χ2n) is 7.53. The molecule has 1 heterocycles. The Bertz CT molecular complexity index is 1010. The van der Waals surface area contributed by atoms with Crippen molar-refractivity contribution in [1.82, 2.24) is 5.32 Å². The molecule has 0 unspecified atom stereocenters. The third kappa shape index (κ3) is 7.01. The zero-order valence-electron chi connectivity index (χ0n) is 18.9. The van der Waals surface area contributed by atoms with Crippen molar-refractivity contribution in [3.8, 4) is 11.5 Å². The number of carbonyl (C=O) groups excluding carboxylic acids is 2. The highest BCUT2D eigenvalue weighted by Gasteiger charge is 2.31. The van der Waals surface area contributed by atoms with Gasteiger partial charge in [0.1, 0.15) is 12.3 Å². The van der Waals surface area contributed by atoms with E-state index in [-0.39, 0.29) is 24.1 Å². The highest BCUT2D eigenvalue weighted by atomic mass is 79.9. The summed E-state index contributed by atoms with van der Waals surface area (Å²) < 4.78 is 11.9. The fraction of sp³-hybridized carbons (Fsp3) is 0.360. The van der Waals surface area contributed by atoms with Crippen molar-refractivity contribution in [2.24, 2.45) is 0 Å². The van der Waals surface area contributed by atoms with Crippen LogP contribution in [-0.2, 0) is 9.59 Å². The van der Waals surface area contributed by atoms with Gasteiger partial charge in [-0.05, 0) is 76.2 Å². The van der Waals surface area contributed by atoms with E-state index in [2.05, 4.69) is 28.2 Å². The van der Waals surface area contributed by atoms with Crippen LogP contribution in [0.1, 0.15) is 31.7 Å². The molecule has 0 fully saturated rings. The first-order chi connectivity index (χ1) is 16.0. The lowest BCUT2D eigenvalue weighted by molar-refractivity contribution is -0.123. The van der Waals surface area contributed by atoms with Crippen LogP contribution in [0.3, 0.4) is 0 Å². The summed E-state index contributed by atoms with van der Waals surface area (Å²) in [5, 5.41) is 2.93. The molecule has 1 N–H and O–H groups in total. The van der Waals surface area contributed by atoms with Crippen LogP contribution < -0.4 is 19.7 Å². The largest absolute Gasteiger partial charge is 0.496 e. The number of fused-ring (bicyclic) bond motifs is 1. The van der Waals surface area contributed by atoms with Crippen molar-refractivity contribution in [2.45, 2.75) is 26.2 Å². The fourth-order valence-electron chi connectivity index (χ4n) is 3.29. The number of methoxy groups -OCH3 is 1. The smallest absolute Gasteiger partial charge is 0.294 e. The molecular formula is C25H29BrN2O4S. The molecular weight excluding hydrogens is 504 g/mol. The van der Waals surface area contributed by atoms with Crippen molar-refractivity contribution in [2.75, 3.05) is 36.6 Å². The number of amides is 2. The van der Waals surface area contributed by atoms with Gasteiger partial charge in [0, 0.05) is 6.54 Å².